The van der Waals surface area contributed by atoms with E-state index < -0.39 is 0 Å². The van der Waals surface area contributed by atoms with Crippen molar-refractivity contribution < 1.29 is 23.5 Å². The summed E-state index contributed by atoms with van der Waals surface area (Å²) in [5, 5.41) is 0. The predicted molar refractivity (Wildman–Crippen MR) is 137 cm³/mol. The second-order valence-corrected chi connectivity index (χ2v) is 9.19. The Morgan fingerprint density at radius 2 is 1.73 bits per heavy atom. The quantitative estimate of drug-likeness (QED) is 0.535. The molecule has 1 saturated heterocycles. The molecule has 0 spiro atoms. The molecule has 7 nitrogen and oxygen atoms in total. The van der Waals surface area contributed by atoms with Crippen LogP contribution >= 0.6 is 0 Å². The van der Waals surface area contributed by atoms with Crippen molar-refractivity contribution in [3.05, 3.63) is 101 Å². The summed E-state index contributed by atoms with van der Waals surface area (Å²) < 4.78 is 19.7. The fraction of sp³-hybridized carbons (Fsp3) is 0.207. The molecule has 37 heavy (non-hydrogen) atoms. The first-order valence-corrected chi connectivity index (χ1v) is 12.1. The highest BCUT2D eigenvalue weighted by Crippen LogP contribution is 2.36. The first-order valence-electron chi connectivity index (χ1n) is 12.1. The summed E-state index contributed by atoms with van der Waals surface area (Å²) >= 11 is 0. The number of anilines is 1. The molecule has 3 aromatic rings. The molecule has 2 heterocycles. The van der Waals surface area contributed by atoms with E-state index in [1.165, 1.54) is 12.1 Å². The molecule has 0 aliphatic carbocycles. The number of amides is 3. The lowest BCUT2D eigenvalue weighted by Gasteiger charge is -2.31. The van der Waals surface area contributed by atoms with Crippen LogP contribution in [0.1, 0.15) is 34.3 Å². The molecule has 0 atom stereocenters. The number of nitrogens with zero attached hydrogens (tertiary/aromatic N) is 2. The van der Waals surface area contributed by atoms with E-state index >= 15 is 0 Å². The summed E-state index contributed by atoms with van der Waals surface area (Å²) in [5.41, 5.74) is 7.86. The van der Waals surface area contributed by atoms with Crippen LogP contribution in [0.25, 0.3) is 6.08 Å². The zero-order valence-electron chi connectivity index (χ0n) is 20.1. The summed E-state index contributed by atoms with van der Waals surface area (Å²) in [5.74, 6) is -0.673. The van der Waals surface area contributed by atoms with Crippen LogP contribution in [0.3, 0.4) is 0 Å². The lowest BCUT2D eigenvalue weighted by molar-refractivity contribution is -0.123. The number of hydrogen-bond donors (Lipinski definition) is 1. The predicted octanol–water partition coefficient (Wildman–Crippen LogP) is 4.13. The maximum atomic E-state index is 13.8. The van der Waals surface area contributed by atoms with E-state index in [0.29, 0.717) is 54.1 Å². The van der Waals surface area contributed by atoms with Crippen LogP contribution in [0.4, 0.5) is 10.1 Å². The highest BCUT2D eigenvalue weighted by atomic mass is 19.1. The first kappa shape index (κ1) is 24.2. The molecule has 3 amide bonds. The number of benzene rings is 3. The number of carbonyl (C=O) groups excluding carboxylic acids is 3. The average molecular weight is 500 g/mol. The number of ether oxygens (including phenoxy) is 1. The lowest BCUT2D eigenvalue weighted by atomic mass is 9.96. The fourth-order valence-electron chi connectivity index (χ4n) is 4.66. The van der Waals surface area contributed by atoms with Gasteiger partial charge in [-0.15, -0.1) is 0 Å². The standard InChI is InChI=1S/C29H26FN3O4/c30-23-5-3-4-20(16-23)18-33-24-6-1-2-7-25(24)37-26(29(33)36)17-19-8-10-22(11-9-19)28(35)32-14-12-21(13-15-32)27(31)34/h1-11,16-17,21H,12-15,18H2,(H2,31,34)/b26-17-. The Hall–Kier alpha value is -4.46. The number of halogens is 1. The van der Waals surface area contributed by atoms with Crippen molar-refractivity contribution in [1.29, 1.82) is 0 Å². The Bertz CT molecular complexity index is 1380. The number of likely N-dealkylation sites (tertiary alicyclic amines) is 1. The van der Waals surface area contributed by atoms with Gasteiger partial charge in [0.25, 0.3) is 11.8 Å². The second-order valence-electron chi connectivity index (χ2n) is 9.19. The van der Waals surface area contributed by atoms with Crippen molar-refractivity contribution in [2.45, 2.75) is 19.4 Å². The molecular formula is C29H26FN3O4. The van der Waals surface area contributed by atoms with Crippen LogP contribution in [0.2, 0.25) is 0 Å². The van der Waals surface area contributed by atoms with Gasteiger partial charge in [-0.05, 0) is 66.4 Å². The van der Waals surface area contributed by atoms with Gasteiger partial charge in [0.1, 0.15) is 5.82 Å². The van der Waals surface area contributed by atoms with Crippen LogP contribution in [-0.4, -0.2) is 35.7 Å². The molecule has 0 radical (unpaired) electrons. The topological polar surface area (TPSA) is 92.9 Å². The van der Waals surface area contributed by atoms with Gasteiger partial charge in [-0.1, -0.05) is 36.4 Å². The monoisotopic (exact) mass is 499 g/mol. The van der Waals surface area contributed by atoms with E-state index in [0.717, 1.165) is 0 Å². The SMILES string of the molecule is NC(=O)C1CCN(C(=O)c2ccc(/C=C3\Oc4ccccc4N(Cc4cccc(F)c4)C3=O)cc2)CC1. The molecule has 2 N–H and O–H groups in total. The zero-order valence-corrected chi connectivity index (χ0v) is 20.1. The van der Waals surface area contributed by atoms with Gasteiger partial charge in [-0.3, -0.25) is 19.3 Å². The summed E-state index contributed by atoms with van der Waals surface area (Å²) in [6.45, 7) is 1.16. The van der Waals surface area contributed by atoms with E-state index in [2.05, 4.69) is 0 Å². The lowest BCUT2D eigenvalue weighted by Crippen LogP contribution is -2.41. The minimum absolute atomic E-state index is 0.109. The molecule has 2 aliphatic heterocycles. The molecule has 0 aromatic heterocycles. The van der Waals surface area contributed by atoms with Crippen molar-refractivity contribution in [2.24, 2.45) is 11.7 Å². The molecule has 188 valence electrons. The molecule has 1 fully saturated rings. The van der Waals surface area contributed by atoms with E-state index in [9.17, 15) is 18.8 Å². The van der Waals surface area contributed by atoms with Crippen LogP contribution in [-0.2, 0) is 16.1 Å². The normalized spacial score (nSPS) is 16.9. The summed E-state index contributed by atoms with van der Waals surface area (Å²) in [7, 11) is 0. The number of primary amides is 1. The number of carbonyl (C=O) groups is 3. The van der Waals surface area contributed by atoms with E-state index in [1.54, 1.807) is 64.4 Å². The Balaban J connectivity index is 1.34. The van der Waals surface area contributed by atoms with Gasteiger partial charge in [0.05, 0.1) is 12.2 Å². The summed E-state index contributed by atoms with van der Waals surface area (Å²) in [6, 6.07) is 20.3. The Morgan fingerprint density at radius 1 is 1.00 bits per heavy atom. The highest BCUT2D eigenvalue weighted by molar-refractivity contribution is 6.09. The van der Waals surface area contributed by atoms with Crippen LogP contribution in [0.5, 0.6) is 5.75 Å². The van der Waals surface area contributed by atoms with Crippen molar-refractivity contribution in [3.8, 4) is 5.75 Å². The maximum absolute atomic E-state index is 13.8. The third-order valence-corrected chi connectivity index (χ3v) is 6.70. The Kier molecular flexibility index (Phi) is 6.72. The molecule has 0 unspecified atom stereocenters. The molecule has 2 aliphatic rings. The van der Waals surface area contributed by atoms with E-state index in [4.69, 9.17) is 10.5 Å². The third-order valence-electron chi connectivity index (χ3n) is 6.70. The number of para-hydroxylation sites is 2. The van der Waals surface area contributed by atoms with Gasteiger partial charge in [-0.25, -0.2) is 4.39 Å². The number of rotatable bonds is 5. The highest BCUT2D eigenvalue weighted by Gasteiger charge is 2.30. The molecule has 8 heteroatoms. The van der Waals surface area contributed by atoms with E-state index in [-0.39, 0.29) is 41.8 Å². The van der Waals surface area contributed by atoms with Gasteiger partial charge in [0, 0.05) is 24.6 Å². The minimum Gasteiger partial charge on any atom is -0.449 e. The largest absolute Gasteiger partial charge is 0.449 e. The maximum Gasteiger partial charge on any atom is 0.294 e. The van der Waals surface area contributed by atoms with E-state index in [1.807, 2.05) is 12.1 Å². The molecule has 0 bridgehead atoms. The molecule has 3 aromatic carbocycles. The van der Waals surface area contributed by atoms with Crippen LogP contribution in [0.15, 0.2) is 78.6 Å². The van der Waals surface area contributed by atoms with Gasteiger partial charge < -0.3 is 15.4 Å². The van der Waals surface area contributed by atoms with Gasteiger partial charge in [-0.2, -0.15) is 0 Å². The smallest absolute Gasteiger partial charge is 0.294 e. The average Bonchev–Trinajstić information content (AvgIpc) is 2.91. The van der Waals surface area contributed by atoms with Crippen molar-refractivity contribution in [2.75, 3.05) is 18.0 Å². The zero-order chi connectivity index (χ0) is 25.9. The molecule has 0 saturated carbocycles. The van der Waals surface area contributed by atoms with Crippen LogP contribution in [0, 0.1) is 11.7 Å². The number of nitrogens with two attached hydrogens (primary N) is 1. The number of piperidine rings is 1. The first-order chi connectivity index (χ1) is 17.9. The van der Waals surface area contributed by atoms with Gasteiger partial charge >= 0.3 is 0 Å². The Labute approximate surface area is 213 Å². The summed E-state index contributed by atoms with van der Waals surface area (Å²) in [4.78, 5) is 40.9. The van der Waals surface area contributed by atoms with Crippen molar-refractivity contribution in [1.82, 2.24) is 4.90 Å². The van der Waals surface area contributed by atoms with Crippen LogP contribution < -0.4 is 15.4 Å². The Morgan fingerprint density at radius 3 is 2.43 bits per heavy atom. The van der Waals surface area contributed by atoms with Gasteiger partial charge in [0.15, 0.2) is 11.5 Å². The molecule has 5 rings (SSSR count). The summed E-state index contributed by atoms with van der Waals surface area (Å²) in [6.07, 6.45) is 2.76. The number of fused-ring (bicyclic) bond motifs is 1. The van der Waals surface area contributed by atoms with Crippen molar-refractivity contribution >= 4 is 29.5 Å². The van der Waals surface area contributed by atoms with Gasteiger partial charge in [0.2, 0.25) is 5.91 Å². The fourth-order valence-corrected chi connectivity index (χ4v) is 4.66. The molecular weight excluding hydrogens is 473 g/mol. The van der Waals surface area contributed by atoms with Crippen molar-refractivity contribution in [3.63, 3.8) is 0 Å². The number of hydrogen-bond acceptors (Lipinski definition) is 4. The minimum atomic E-state index is -0.367. The second kappa shape index (κ2) is 10.3. The third kappa shape index (κ3) is 5.23.